The lowest BCUT2D eigenvalue weighted by Gasteiger charge is -2.07. The third-order valence-electron chi connectivity index (χ3n) is 4.75. The van der Waals surface area contributed by atoms with E-state index in [-0.39, 0.29) is 12.3 Å². The number of imidazole rings is 1. The number of benzene rings is 2. The quantitative estimate of drug-likeness (QED) is 0.431. The summed E-state index contributed by atoms with van der Waals surface area (Å²) in [6, 6.07) is 13.4. The molecule has 3 aromatic rings. The number of nitrogens with zero attached hydrogens (tertiary/aromatic N) is 2. The van der Waals surface area contributed by atoms with Crippen LogP contribution >= 0.6 is 15.9 Å². The molecular formula is C21H24BrN3O2. The van der Waals surface area contributed by atoms with Crippen molar-refractivity contribution in [3.63, 3.8) is 0 Å². The fourth-order valence-corrected chi connectivity index (χ4v) is 3.64. The molecule has 0 saturated carbocycles. The van der Waals surface area contributed by atoms with Crippen LogP contribution < -0.4 is 5.62 Å². The van der Waals surface area contributed by atoms with E-state index in [4.69, 9.17) is 10.1 Å². The smallest absolute Gasteiger partial charge is 0.203 e. The monoisotopic (exact) mass is 429 g/mol. The summed E-state index contributed by atoms with van der Waals surface area (Å²) in [6.45, 7) is 3.61. The normalized spacial score (nSPS) is 11.2. The first kappa shape index (κ1) is 19.6. The Bertz CT molecular complexity index is 1000. The van der Waals surface area contributed by atoms with Crippen molar-refractivity contribution in [1.82, 2.24) is 9.13 Å². The standard InChI is InChI=1S/C21H24BrN3O2/c1-3-15-6-4-7-18-20(15)24(12-5-13-27-2)21(23)25(18)14-19(26)16-8-10-17(22)11-9-16/h4,6-11,23H,3,5,12-14H2,1-2H3. The molecule has 0 aliphatic carbocycles. The molecule has 3 rings (SSSR count). The van der Waals surface area contributed by atoms with E-state index in [0.717, 1.165) is 28.3 Å². The second-order valence-corrected chi connectivity index (χ2v) is 7.39. The summed E-state index contributed by atoms with van der Waals surface area (Å²) in [5.41, 5.74) is 4.17. The molecule has 0 aliphatic rings. The van der Waals surface area contributed by atoms with E-state index < -0.39 is 0 Å². The molecule has 1 aromatic heterocycles. The summed E-state index contributed by atoms with van der Waals surface area (Å²) < 4.78 is 9.92. The van der Waals surface area contributed by atoms with Crippen molar-refractivity contribution in [2.75, 3.05) is 13.7 Å². The van der Waals surface area contributed by atoms with Crippen LogP contribution in [0.1, 0.15) is 29.3 Å². The minimum Gasteiger partial charge on any atom is -0.385 e. The molecule has 0 radical (unpaired) electrons. The van der Waals surface area contributed by atoms with Crippen LogP contribution in [0.2, 0.25) is 0 Å². The molecule has 0 fully saturated rings. The summed E-state index contributed by atoms with van der Waals surface area (Å²) >= 11 is 3.39. The molecular weight excluding hydrogens is 406 g/mol. The van der Waals surface area contributed by atoms with Gasteiger partial charge in [-0.05, 0) is 36.6 Å². The molecule has 0 saturated heterocycles. The first-order valence-corrected chi connectivity index (χ1v) is 9.89. The number of para-hydroxylation sites is 1. The molecule has 0 unspecified atom stereocenters. The molecule has 0 bridgehead atoms. The van der Waals surface area contributed by atoms with Crippen LogP contribution in [0.15, 0.2) is 46.9 Å². The summed E-state index contributed by atoms with van der Waals surface area (Å²) in [7, 11) is 1.68. The van der Waals surface area contributed by atoms with Gasteiger partial charge >= 0.3 is 0 Å². The number of rotatable bonds is 8. The van der Waals surface area contributed by atoms with Crippen molar-refractivity contribution in [2.45, 2.75) is 32.9 Å². The molecule has 5 nitrogen and oxygen atoms in total. The highest BCUT2D eigenvalue weighted by Gasteiger charge is 2.16. The van der Waals surface area contributed by atoms with Gasteiger partial charge in [0.1, 0.15) is 0 Å². The number of nitrogens with one attached hydrogen (secondary N) is 1. The van der Waals surface area contributed by atoms with Gasteiger partial charge in [0.2, 0.25) is 5.62 Å². The first-order valence-electron chi connectivity index (χ1n) is 9.10. The number of ether oxygens (including phenoxy) is 1. The van der Waals surface area contributed by atoms with Crippen molar-refractivity contribution in [3.05, 3.63) is 63.7 Å². The maximum atomic E-state index is 12.8. The van der Waals surface area contributed by atoms with E-state index in [1.54, 1.807) is 7.11 Å². The van der Waals surface area contributed by atoms with Crippen LogP contribution in [0, 0.1) is 5.41 Å². The predicted molar refractivity (Wildman–Crippen MR) is 110 cm³/mol. The van der Waals surface area contributed by atoms with Crippen LogP contribution in [0.4, 0.5) is 0 Å². The summed E-state index contributed by atoms with van der Waals surface area (Å²) in [5.74, 6) is -0.00107. The minimum absolute atomic E-state index is 0.00107. The highest BCUT2D eigenvalue weighted by Crippen LogP contribution is 2.20. The lowest BCUT2D eigenvalue weighted by molar-refractivity contribution is 0.0971. The van der Waals surface area contributed by atoms with Gasteiger partial charge in [-0.3, -0.25) is 10.2 Å². The van der Waals surface area contributed by atoms with E-state index >= 15 is 0 Å². The van der Waals surface area contributed by atoms with Crippen LogP contribution in [0.5, 0.6) is 0 Å². The maximum Gasteiger partial charge on any atom is 0.203 e. The lowest BCUT2D eigenvalue weighted by atomic mass is 10.1. The third kappa shape index (κ3) is 4.06. The molecule has 0 amide bonds. The number of halogens is 1. The average molecular weight is 430 g/mol. The summed E-state index contributed by atoms with van der Waals surface area (Å²) in [6.07, 6.45) is 1.70. The van der Waals surface area contributed by atoms with Crippen molar-refractivity contribution < 1.29 is 9.53 Å². The zero-order chi connectivity index (χ0) is 19.4. The van der Waals surface area contributed by atoms with Crippen molar-refractivity contribution in [3.8, 4) is 0 Å². The molecule has 142 valence electrons. The Hall–Kier alpha value is -2.18. The number of carbonyl (C=O) groups excluding carboxylic acids is 1. The minimum atomic E-state index is -0.00107. The van der Waals surface area contributed by atoms with Crippen molar-refractivity contribution in [2.24, 2.45) is 0 Å². The van der Waals surface area contributed by atoms with Gasteiger partial charge in [0, 0.05) is 30.3 Å². The van der Waals surface area contributed by atoms with Gasteiger partial charge in [-0.1, -0.05) is 47.1 Å². The average Bonchev–Trinajstić information content (AvgIpc) is 2.94. The Balaban J connectivity index is 2.04. The van der Waals surface area contributed by atoms with E-state index in [9.17, 15) is 4.79 Å². The number of carbonyl (C=O) groups is 1. The van der Waals surface area contributed by atoms with E-state index in [1.165, 1.54) is 5.56 Å². The van der Waals surface area contributed by atoms with Crippen LogP contribution in [0.25, 0.3) is 11.0 Å². The van der Waals surface area contributed by atoms with Gasteiger partial charge in [-0.2, -0.15) is 0 Å². The van der Waals surface area contributed by atoms with Gasteiger partial charge < -0.3 is 13.9 Å². The number of aryl methyl sites for hydroxylation is 2. The van der Waals surface area contributed by atoms with E-state index in [1.807, 2.05) is 45.5 Å². The molecule has 6 heteroatoms. The maximum absolute atomic E-state index is 12.8. The number of hydrogen-bond donors (Lipinski definition) is 1. The van der Waals surface area contributed by atoms with Gasteiger partial charge in [0.25, 0.3) is 0 Å². The molecule has 0 spiro atoms. The molecule has 1 heterocycles. The number of aromatic nitrogens is 2. The Morgan fingerprint density at radius 2 is 1.89 bits per heavy atom. The SMILES string of the molecule is CCc1cccc2c1n(CCCOC)c(=N)n2CC(=O)c1ccc(Br)cc1. The highest BCUT2D eigenvalue weighted by molar-refractivity contribution is 9.10. The first-order chi connectivity index (χ1) is 13.1. The van der Waals surface area contributed by atoms with E-state index in [2.05, 4.69) is 28.9 Å². The van der Waals surface area contributed by atoms with Crippen molar-refractivity contribution >= 4 is 32.7 Å². The second-order valence-electron chi connectivity index (χ2n) is 6.48. The van der Waals surface area contributed by atoms with E-state index in [0.29, 0.717) is 24.3 Å². The van der Waals surface area contributed by atoms with Crippen LogP contribution in [-0.4, -0.2) is 28.6 Å². The Morgan fingerprint density at radius 1 is 1.15 bits per heavy atom. The number of hydrogen-bond acceptors (Lipinski definition) is 3. The number of fused-ring (bicyclic) bond motifs is 1. The predicted octanol–water partition coefficient (Wildman–Crippen LogP) is 4.17. The lowest BCUT2D eigenvalue weighted by Crippen LogP contribution is -2.27. The molecule has 0 aliphatic heterocycles. The number of methoxy groups -OCH3 is 1. The Kier molecular flexibility index (Phi) is 6.29. The van der Waals surface area contributed by atoms with Crippen LogP contribution in [0.3, 0.4) is 0 Å². The largest absolute Gasteiger partial charge is 0.385 e. The number of ketones is 1. The summed E-state index contributed by atoms with van der Waals surface area (Å²) in [4.78, 5) is 12.8. The van der Waals surface area contributed by atoms with Gasteiger partial charge in [-0.25, -0.2) is 0 Å². The molecule has 2 aromatic carbocycles. The Labute approximate surface area is 167 Å². The Morgan fingerprint density at radius 3 is 2.56 bits per heavy atom. The molecule has 0 atom stereocenters. The zero-order valence-electron chi connectivity index (χ0n) is 15.7. The zero-order valence-corrected chi connectivity index (χ0v) is 17.3. The molecule has 27 heavy (non-hydrogen) atoms. The number of Topliss-reactive ketones (excluding diaryl/α,β-unsaturated/α-hetero) is 1. The van der Waals surface area contributed by atoms with Gasteiger partial charge in [0.15, 0.2) is 5.78 Å². The van der Waals surface area contributed by atoms with Gasteiger partial charge in [0.05, 0.1) is 17.6 Å². The topological polar surface area (TPSA) is 60.0 Å². The highest BCUT2D eigenvalue weighted by atomic mass is 79.9. The summed E-state index contributed by atoms with van der Waals surface area (Å²) in [5, 5.41) is 8.70. The second kappa shape index (κ2) is 8.67. The van der Waals surface area contributed by atoms with Crippen LogP contribution in [-0.2, 0) is 24.2 Å². The molecule has 1 N–H and O–H groups in total. The van der Waals surface area contributed by atoms with Gasteiger partial charge in [-0.15, -0.1) is 0 Å². The third-order valence-corrected chi connectivity index (χ3v) is 5.28. The van der Waals surface area contributed by atoms with Crippen molar-refractivity contribution in [1.29, 1.82) is 5.41 Å². The fraction of sp³-hybridized carbons (Fsp3) is 0.333. The fourth-order valence-electron chi connectivity index (χ4n) is 3.37.